The van der Waals surface area contributed by atoms with Crippen LogP contribution in [-0.2, 0) is 9.59 Å². The monoisotopic (exact) mass is 462 g/mol. The summed E-state index contributed by atoms with van der Waals surface area (Å²) in [6.45, 7) is 5.44. The number of anilines is 1. The minimum atomic E-state index is -0.556. The molecule has 3 heterocycles. The maximum Gasteiger partial charge on any atom is 0.228 e. The number of aryl methyl sites for hydroxylation is 1. The van der Waals surface area contributed by atoms with Crippen LogP contribution in [0.4, 0.5) is 5.69 Å². The van der Waals surface area contributed by atoms with Crippen LogP contribution in [0.15, 0.2) is 36.4 Å². The molecule has 0 bridgehead atoms. The van der Waals surface area contributed by atoms with Crippen molar-refractivity contribution in [3.05, 3.63) is 53.1 Å². The van der Waals surface area contributed by atoms with Crippen molar-refractivity contribution in [2.24, 2.45) is 5.92 Å². The van der Waals surface area contributed by atoms with Gasteiger partial charge in [0.2, 0.25) is 11.8 Å². The van der Waals surface area contributed by atoms with E-state index in [-0.39, 0.29) is 29.9 Å². The maximum absolute atomic E-state index is 13.3. The van der Waals surface area contributed by atoms with Crippen LogP contribution < -0.4 is 14.4 Å². The summed E-state index contributed by atoms with van der Waals surface area (Å²) in [7, 11) is 1.60. The number of piperidine rings is 1. The molecule has 3 aliphatic rings. The van der Waals surface area contributed by atoms with E-state index in [9.17, 15) is 14.4 Å². The molecule has 0 N–H and O–H groups in total. The zero-order valence-corrected chi connectivity index (χ0v) is 19.9. The summed E-state index contributed by atoms with van der Waals surface area (Å²) in [6, 6.07) is 11.1. The Bertz CT molecular complexity index is 1150. The summed E-state index contributed by atoms with van der Waals surface area (Å²) in [5, 5.41) is 0. The Kier molecular flexibility index (Phi) is 5.58. The van der Waals surface area contributed by atoms with Crippen molar-refractivity contribution in [1.29, 1.82) is 0 Å². The Balaban J connectivity index is 1.24. The molecule has 2 aromatic rings. The molecule has 7 heteroatoms. The molecular weight excluding hydrogens is 432 g/mol. The van der Waals surface area contributed by atoms with Gasteiger partial charge in [0, 0.05) is 44.6 Å². The van der Waals surface area contributed by atoms with Gasteiger partial charge in [-0.25, -0.2) is 0 Å². The smallest absolute Gasteiger partial charge is 0.228 e. The average Bonchev–Trinajstić information content (AvgIpc) is 3.23. The third-order valence-corrected chi connectivity index (χ3v) is 7.62. The zero-order chi connectivity index (χ0) is 24.0. The number of amides is 2. The highest BCUT2D eigenvalue weighted by Gasteiger charge is 2.46. The number of carbonyl (C=O) groups excluding carboxylic acids is 3. The molecule has 3 aliphatic heterocycles. The third-order valence-electron chi connectivity index (χ3n) is 7.62. The van der Waals surface area contributed by atoms with Gasteiger partial charge in [0.15, 0.2) is 5.78 Å². The van der Waals surface area contributed by atoms with E-state index < -0.39 is 5.60 Å². The van der Waals surface area contributed by atoms with Crippen molar-refractivity contribution in [3.8, 4) is 11.5 Å². The van der Waals surface area contributed by atoms with Gasteiger partial charge in [-0.2, -0.15) is 0 Å². The predicted molar refractivity (Wildman–Crippen MR) is 127 cm³/mol. The van der Waals surface area contributed by atoms with Crippen LogP contribution in [0.3, 0.4) is 0 Å². The van der Waals surface area contributed by atoms with Crippen LogP contribution >= 0.6 is 0 Å². The molecule has 2 fully saturated rings. The lowest BCUT2D eigenvalue weighted by molar-refractivity contribution is -0.139. The SMILES string of the molecule is COc1ccc(N2CC(C(=O)N3CCC4(CC3)CC(=O)c3ccc(C)c(C)c3O4)CC2=O)cc1. The fraction of sp³-hybridized carbons (Fsp3) is 0.444. The Hall–Kier alpha value is -3.35. The topological polar surface area (TPSA) is 76.2 Å². The highest BCUT2D eigenvalue weighted by Crippen LogP contribution is 2.42. The number of carbonyl (C=O) groups is 3. The number of rotatable bonds is 3. The van der Waals surface area contributed by atoms with Crippen LogP contribution in [0.1, 0.15) is 47.2 Å². The van der Waals surface area contributed by atoms with Gasteiger partial charge in [0.25, 0.3) is 0 Å². The molecule has 7 nitrogen and oxygen atoms in total. The zero-order valence-electron chi connectivity index (χ0n) is 19.9. The number of ketones is 1. The Morgan fingerprint density at radius 1 is 1.06 bits per heavy atom. The molecule has 1 atom stereocenters. The van der Waals surface area contributed by atoms with Crippen LogP contribution in [-0.4, -0.2) is 54.8 Å². The molecule has 1 unspecified atom stereocenters. The molecule has 0 radical (unpaired) electrons. The number of likely N-dealkylation sites (tertiary alicyclic amines) is 1. The van der Waals surface area contributed by atoms with E-state index in [1.165, 1.54) is 0 Å². The Morgan fingerprint density at radius 3 is 2.44 bits per heavy atom. The molecular formula is C27H30N2O5. The summed E-state index contributed by atoms with van der Waals surface area (Å²) in [6.07, 6.45) is 1.78. The molecule has 2 saturated heterocycles. The minimum Gasteiger partial charge on any atom is -0.497 e. The van der Waals surface area contributed by atoms with Crippen molar-refractivity contribution in [1.82, 2.24) is 4.90 Å². The van der Waals surface area contributed by atoms with Gasteiger partial charge in [-0.15, -0.1) is 0 Å². The quantitative estimate of drug-likeness (QED) is 0.695. The molecule has 2 aromatic carbocycles. The normalized spacial score (nSPS) is 21.4. The minimum absolute atomic E-state index is 0.00812. The van der Waals surface area contributed by atoms with E-state index in [1.54, 1.807) is 12.0 Å². The van der Waals surface area contributed by atoms with E-state index in [1.807, 2.05) is 55.1 Å². The summed E-state index contributed by atoms with van der Waals surface area (Å²) in [5.41, 5.74) is 2.99. The van der Waals surface area contributed by atoms with Crippen molar-refractivity contribution < 1.29 is 23.9 Å². The predicted octanol–water partition coefficient (Wildman–Crippen LogP) is 3.69. The lowest BCUT2D eigenvalue weighted by atomic mass is 9.81. The van der Waals surface area contributed by atoms with E-state index in [0.717, 1.165) is 22.6 Å². The van der Waals surface area contributed by atoms with E-state index in [0.29, 0.717) is 50.2 Å². The van der Waals surface area contributed by atoms with Gasteiger partial charge in [0.05, 0.1) is 25.0 Å². The largest absolute Gasteiger partial charge is 0.497 e. The number of hydrogen-bond donors (Lipinski definition) is 0. The standard InChI is InChI=1S/C27H30N2O5/c1-17-4-9-22-23(30)15-27(34-25(22)18(17)2)10-12-28(13-11-27)26(32)19-14-24(31)29(16-19)20-5-7-21(33-3)8-6-20/h4-9,19H,10-16H2,1-3H3. The molecule has 0 aromatic heterocycles. The van der Waals surface area contributed by atoms with Gasteiger partial charge < -0.3 is 19.3 Å². The van der Waals surface area contributed by atoms with Crippen LogP contribution in [0, 0.1) is 19.8 Å². The second-order valence-corrected chi connectivity index (χ2v) is 9.70. The number of Topliss-reactive ketones (excluding diaryl/α,β-unsaturated/α-hetero) is 1. The van der Waals surface area contributed by atoms with E-state index in [4.69, 9.17) is 9.47 Å². The first-order chi connectivity index (χ1) is 16.3. The lowest BCUT2D eigenvalue weighted by Gasteiger charge is -2.44. The van der Waals surface area contributed by atoms with Gasteiger partial charge in [-0.3, -0.25) is 14.4 Å². The number of ether oxygens (including phenoxy) is 2. The van der Waals surface area contributed by atoms with Crippen molar-refractivity contribution in [3.63, 3.8) is 0 Å². The van der Waals surface area contributed by atoms with E-state index in [2.05, 4.69) is 0 Å². The number of benzene rings is 2. The van der Waals surface area contributed by atoms with Gasteiger partial charge in [-0.1, -0.05) is 6.07 Å². The van der Waals surface area contributed by atoms with Crippen molar-refractivity contribution >= 4 is 23.3 Å². The molecule has 1 spiro atoms. The molecule has 5 rings (SSSR count). The molecule has 0 aliphatic carbocycles. The van der Waals surface area contributed by atoms with Crippen molar-refractivity contribution in [2.45, 2.75) is 45.1 Å². The first-order valence-corrected chi connectivity index (χ1v) is 11.9. The van der Waals surface area contributed by atoms with Gasteiger partial charge in [-0.05, 0) is 55.3 Å². The molecule has 2 amide bonds. The Labute approximate surface area is 199 Å². The summed E-state index contributed by atoms with van der Waals surface area (Å²) < 4.78 is 11.7. The first kappa shape index (κ1) is 22.4. The van der Waals surface area contributed by atoms with Crippen LogP contribution in [0.25, 0.3) is 0 Å². The number of fused-ring (bicyclic) bond motifs is 1. The molecule has 34 heavy (non-hydrogen) atoms. The lowest BCUT2D eigenvalue weighted by Crippen LogP contribution is -2.53. The Morgan fingerprint density at radius 2 is 1.76 bits per heavy atom. The fourth-order valence-electron chi connectivity index (χ4n) is 5.34. The van der Waals surface area contributed by atoms with Crippen LogP contribution in [0.5, 0.6) is 11.5 Å². The van der Waals surface area contributed by atoms with Gasteiger partial charge >= 0.3 is 0 Å². The highest BCUT2D eigenvalue weighted by atomic mass is 16.5. The third kappa shape index (κ3) is 3.83. The highest BCUT2D eigenvalue weighted by molar-refractivity contribution is 6.01. The summed E-state index contributed by atoms with van der Waals surface area (Å²) in [4.78, 5) is 42.3. The van der Waals surface area contributed by atoms with Crippen molar-refractivity contribution in [2.75, 3.05) is 31.6 Å². The van der Waals surface area contributed by atoms with Crippen LogP contribution in [0.2, 0.25) is 0 Å². The van der Waals surface area contributed by atoms with E-state index >= 15 is 0 Å². The molecule has 178 valence electrons. The first-order valence-electron chi connectivity index (χ1n) is 11.9. The van der Waals surface area contributed by atoms with Gasteiger partial charge in [0.1, 0.15) is 17.1 Å². The second kappa shape index (κ2) is 8.46. The number of hydrogen-bond acceptors (Lipinski definition) is 5. The number of methoxy groups -OCH3 is 1. The summed E-state index contributed by atoms with van der Waals surface area (Å²) >= 11 is 0. The second-order valence-electron chi connectivity index (χ2n) is 9.70. The maximum atomic E-state index is 13.3. The average molecular weight is 463 g/mol. The number of nitrogens with zero attached hydrogens (tertiary/aromatic N) is 2. The summed E-state index contributed by atoms with van der Waals surface area (Å²) in [5.74, 6) is 1.15. The molecule has 0 saturated carbocycles. The fourth-order valence-corrected chi connectivity index (χ4v) is 5.34.